The summed E-state index contributed by atoms with van der Waals surface area (Å²) in [5, 5.41) is 11.6. The molecule has 2 unspecified atom stereocenters. The predicted octanol–water partition coefficient (Wildman–Crippen LogP) is 0.833. The fourth-order valence-electron chi connectivity index (χ4n) is 2.35. The number of nitrogens with zero attached hydrogens (tertiary/aromatic N) is 1. The lowest BCUT2D eigenvalue weighted by molar-refractivity contribution is -0.138. The third-order valence-corrected chi connectivity index (χ3v) is 3.39. The Morgan fingerprint density at radius 1 is 1.63 bits per heavy atom. The summed E-state index contributed by atoms with van der Waals surface area (Å²) in [5.74, 6) is -0.211. The lowest BCUT2D eigenvalue weighted by Crippen LogP contribution is -2.59. The van der Waals surface area contributed by atoms with Crippen molar-refractivity contribution in [1.82, 2.24) is 10.2 Å². The summed E-state index contributed by atoms with van der Waals surface area (Å²) in [5.41, 5.74) is 0. The van der Waals surface area contributed by atoms with Gasteiger partial charge < -0.3 is 14.8 Å². The van der Waals surface area contributed by atoms with Gasteiger partial charge in [0.25, 0.3) is 0 Å². The van der Waals surface area contributed by atoms with E-state index in [4.69, 9.17) is 9.52 Å². The van der Waals surface area contributed by atoms with E-state index >= 15 is 0 Å². The van der Waals surface area contributed by atoms with Crippen LogP contribution in [0.2, 0.25) is 0 Å². The van der Waals surface area contributed by atoms with Crippen LogP contribution in [-0.4, -0.2) is 40.5 Å². The highest BCUT2D eigenvalue weighted by Crippen LogP contribution is 2.19. The second-order valence-corrected chi connectivity index (χ2v) is 4.79. The highest BCUT2D eigenvalue weighted by Gasteiger charge is 2.34. The van der Waals surface area contributed by atoms with Crippen molar-refractivity contribution in [3.05, 3.63) is 24.2 Å². The first-order chi connectivity index (χ1) is 9.08. The standard InChI is InChI=1S/C13H18N2O4/c1-9-7-14-13(18)11(4-5-12(16)17)15(9)8-10-3-2-6-19-10/h2-3,6,9,11H,4-5,7-8H2,1H3,(H,14,18)(H,16,17). The molecule has 6 heteroatoms. The number of aliphatic carboxylic acids is 1. The molecule has 6 nitrogen and oxygen atoms in total. The summed E-state index contributed by atoms with van der Waals surface area (Å²) in [7, 11) is 0. The van der Waals surface area contributed by atoms with Crippen LogP contribution >= 0.6 is 0 Å². The number of rotatable bonds is 5. The van der Waals surface area contributed by atoms with Gasteiger partial charge in [-0.1, -0.05) is 0 Å². The third-order valence-electron chi connectivity index (χ3n) is 3.39. The van der Waals surface area contributed by atoms with Gasteiger partial charge in [0.1, 0.15) is 5.76 Å². The zero-order valence-corrected chi connectivity index (χ0v) is 10.8. The van der Waals surface area contributed by atoms with E-state index in [0.29, 0.717) is 19.5 Å². The molecule has 0 spiro atoms. The number of amides is 1. The second-order valence-electron chi connectivity index (χ2n) is 4.79. The smallest absolute Gasteiger partial charge is 0.303 e. The molecule has 1 aromatic heterocycles. The van der Waals surface area contributed by atoms with Crippen LogP contribution in [0.4, 0.5) is 0 Å². The monoisotopic (exact) mass is 266 g/mol. The summed E-state index contributed by atoms with van der Waals surface area (Å²) in [6.07, 6.45) is 1.89. The molecule has 1 aliphatic heterocycles. The van der Waals surface area contributed by atoms with Crippen LogP contribution in [-0.2, 0) is 16.1 Å². The minimum atomic E-state index is -0.885. The number of carbonyl (C=O) groups is 2. The van der Waals surface area contributed by atoms with Gasteiger partial charge in [0.15, 0.2) is 0 Å². The number of carboxylic acids is 1. The minimum Gasteiger partial charge on any atom is -0.481 e. The molecule has 0 saturated carbocycles. The Balaban J connectivity index is 2.08. The van der Waals surface area contributed by atoms with Crippen molar-refractivity contribution in [2.75, 3.05) is 6.54 Å². The third kappa shape index (κ3) is 3.35. The maximum atomic E-state index is 11.9. The first-order valence-electron chi connectivity index (χ1n) is 6.35. The van der Waals surface area contributed by atoms with Gasteiger partial charge >= 0.3 is 5.97 Å². The van der Waals surface area contributed by atoms with Crippen molar-refractivity contribution in [2.45, 2.75) is 38.4 Å². The van der Waals surface area contributed by atoms with E-state index < -0.39 is 12.0 Å². The topological polar surface area (TPSA) is 82.8 Å². The molecule has 0 aliphatic carbocycles. The van der Waals surface area contributed by atoms with Gasteiger partial charge in [-0.2, -0.15) is 0 Å². The maximum absolute atomic E-state index is 11.9. The Hall–Kier alpha value is -1.82. The molecule has 0 bridgehead atoms. The first kappa shape index (κ1) is 13.6. The average molecular weight is 266 g/mol. The van der Waals surface area contributed by atoms with Gasteiger partial charge in [0, 0.05) is 19.0 Å². The number of hydrogen-bond donors (Lipinski definition) is 2. The molecule has 0 radical (unpaired) electrons. The molecule has 1 aliphatic rings. The SMILES string of the molecule is CC1CNC(=O)C(CCC(=O)O)N1Cc1ccco1. The highest BCUT2D eigenvalue weighted by atomic mass is 16.4. The lowest BCUT2D eigenvalue weighted by atomic mass is 10.0. The van der Waals surface area contributed by atoms with Crippen molar-refractivity contribution in [3.8, 4) is 0 Å². The number of carbonyl (C=O) groups excluding carboxylic acids is 1. The molecule has 1 aromatic rings. The summed E-state index contributed by atoms with van der Waals surface area (Å²) in [4.78, 5) is 24.6. The number of hydrogen-bond acceptors (Lipinski definition) is 4. The normalized spacial score (nSPS) is 24.2. The van der Waals surface area contributed by atoms with Crippen LogP contribution in [0.1, 0.15) is 25.5 Å². The number of nitrogens with one attached hydrogen (secondary N) is 1. The summed E-state index contributed by atoms with van der Waals surface area (Å²) in [6.45, 7) is 3.10. The molecule has 0 aromatic carbocycles. The largest absolute Gasteiger partial charge is 0.481 e. The van der Waals surface area contributed by atoms with Crippen LogP contribution in [0.25, 0.3) is 0 Å². The molecule has 1 amide bonds. The fraction of sp³-hybridized carbons (Fsp3) is 0.538. The van der Waals surface area contributed by atoms with Gasteiger partial charge in [-0.25, -0.2) is 0 Å². The van der Waals surface area contributed by atoms with E-state index in [-0.39, 0.29) is 18.4 Å². The van der Waals surface area contributed by atoms with Crippen molar-refractivity contribution < 1.29 is 19.1 Å². The molecule has 2 rings (SSSR count). The Kier molecular flexibility index (Phi) is 4.21. The molecule has 19 heavy (non-hydrogen) atoms. The molecular weight excluding hydrogens is 248 g/mol. The van der Waals surface area contributed by atoms with Crippen molar-refractivity contribution in [1.29, 1.82) is 0 Å². The van der Waals surface area contributed by atoms with Crippen LogP contribution in [0.15, 0.2) is 22.8 Å². The quantitative estimate of drug-likeness (QED) is 0.825. The highest BCUT2D eigenvalue weighted by molar-refractivity contribution is 5.83. The van der Waals surface area contributed by atoms with E-state index in [1.165, 1.54) is 0 Å². The molecule has 1 fully saturated rings. The minimum absolute atomic E-state index is 0.0144. The Bertz CT molecular complexity index is 444. The van der Waals surface area contributed by atoms with Gasteiger partial charge in [0.05, 0.1) is 18.8 Å². The molecule has 2 atom stereocenters. The van der Waals surface area contributed by atoms with Crippen LogP contribution in [0.5, 0.6) is 0 Å². The van der Waals surface area contributed by atoms with Crippen LogP contribution in [0.3, 0.4) is 0 Å². The lowest BCUT2D eigenvalue weighted by Gasteiger charge is -2.39. The second kappa shape index (κ2) is 5.88. The van der Waals surface area contributed by atoms with Crippen LogP contribution in [0, 0.1) is 0 Å². The predicted molar refractivity (Wildman–Crippen MR) is 67.4 cm³/mol. The Labute approximate surface area is 111 Å². The molecule has 1 saturated heterocycles. The molecule has 2 heterocycles. The van der Waals surface area contributed by atoms with Crippen molar-refractivity contribution in [3.63, 3.8) is 0 Å². The van der Waals surface area contributed by atoms with Crippen LogP contribution < -0.4 is 5.32 Å². The zero-order valence-electron chi connectivity index (χ0n) is 10.8. The zero-order chi connectivity index (χ0) is 13.8. The van der Waals surface area contributed by atoms with Crippen molar-refractivity contribution >= 4 is 11.9 Å². The Morgan fingerprint density at radius 3 is 3.05 bits per heavy atom. The summed E-state index contributed by atoms with van der Waals surface area (Å²) < 4.78 is 5.30. The average Bonchev–Trinajstić information content (AvgIpc) is 2.86. The number of carboxylic acid groups (broad SMARTS) is 1. The van der Waals surface area contributed by atoms with E-state index in [1.807, 2.05) is 17.9 Å². The Morgan fingerprint density at radius 2 is 2.42 bits per heavy atom. The van der Waals surface area contributed by atoms with E-state index in [2.05, 4.69) is 5.32 Å². The summed E-state index contributed by atoms with van der Waals surface area (Å²) >= 11 is 0. The van der Waals surface area contributed by atoms with Gasteiger partial charge in [-0.15, -0.1) is 0 Å². The van der Waals surface area contributed by atoms with Gasteiger partial charge in [-0.3, -0.25) is 14.5 Å². The number of furan rings is 1. The first-order valence-corrected chi connectivity index (χ1v) is 6.35. The summed E-state index contributed by atoms with van der Waals surface area (Å²) in [6, 6.07) is 3.40. The van der Waals surface area contributed by atoms with E-state index in [1.54, 1.807) is 12.3 Å². The van der Waals surface area contributed by atoms with E-state index in [0.717, 1.165) is 5.76 Å². The molecule has 2 N–H and O–H groups in total. The molecular formula is C13H18N2O4. The number of piperazine rings is 1. The van der Waals surface area contributed by atoms with Gasteiger partial charge in [0.2, 0.25) is 5.91 Å². The fourth-order valence-corrected chi connectivity index (χ4v) is 2.35. The van der Waals surface area contributed by atoms with Gasteiger partial charge in [-0.05, 0) is 25.5 Å². The maximum Gasteiger partial charge on any atom is 0.303 e. The van der Waals surface area contributed by atoms with Crippen molar-refractivity contribution in [2.24, 2.45) is 0 Å². The molecule has 104 valence electrons. The van der Waals surface area contributed by atoms with E-state index in [9.17, 15) is 9.59 Å².